The number of rotatable bonds is 4. The fraction of sp³-hybridized carbons (Fsp3) is 0.0769. The lowest BCUT2D eigenvalue weighted by Gasteiger charge is -1.97. The maximum Gasteiger partial charge on any atom is 0.307 e. The first-order valence-electron chi connectivity index (χ1n) is 5.30. The Morgan fingerprint density at radius 1 is 1.33 bits per heavy atom. The number of hydrogen-bond donors (Lipinski definition) is 1. The number of hydrogen-bond acceptors (Lipinski definition) is 4. The number of nitrogens with zero attached hydrogens (tertiary/aromatic N) is 1. The van der Waals surface area contributed by atoms with Crippen molar-refractivity contribution in [3.05, 3.63) is 54.0 Å². The zero-order chi connectivity index (χ0) is 12.8. The fourth-order valence-corrected chi connectivity index (χ4v) is 1.73. The van der Waals surface area contributed by atoms with Gasteiger partial charge in [0.05, 0.1) is 12.5 Å². The van der Waals surface area contributed by atoms with Gasteiger partial charge >= 0.3 is 5.91 Å². The van der Waals surface area contributed by atoms with Gasteiger partial charge in [-0.3, -0.25) is 4.79 Å². The maximum atomic E-state index is 11.5. The van der Waals surface area contributed by atoms with Crippen LogP contribution in [0.25, 0.3) is 0 Å². The van der Waals surface area contributed by atoms with Crippen LogP contribution in [0.15, 0.2) is 57.1 Å². The summed E-state index contributed by atoms with van der Waals surface area (Å²) < 4.78 is 4.94. The molecule has 0 saturated heterocycles. The smallest absolute Gasteiger partial charge is 0.307 e. The molecule has 0 radical (unpaired) electrons. The van der Waals surface area contributed by atoms with E-state index in [9.17, 15) is 4.79 Å². The monoisotopic (exact) mass is 260 g/mol. The number of hydrazone groups is 1. The molecule has 5 heteroatoms. The highest BCUT2D eigenvalue weighted by atomic mass is 32.2. The third-order valence-electron chi connectivity index (χ3n) is 2.24. The van der Waals surface area contributed by atoms with Crippen molar-refractivity contribution in [2.24, 2.45) is 5.10 Å². The molecule has 0 atom stereocenters. The van der Waals surface area contributed by atoms with Gasteiger partial charge in [0.15, 0.2) is 5.76 Å². The van der Waals surface area contributed by atoms with Gasteiger partial charge in [0.2, 0.25) is 0 Å². The van der Waals surface area contributed by atoms with Gasteiger partial charge in [-0.15, -0.1) is 11.8 Å². The fourth-order valence-electron chi connectivity index (χ4n) is 1.32. The molecule has 1 amide bonds. The molecule has 0 spiro atoms. The van der Waals surface area contributed by atoms with Crippen molar-refractivity contribution in [3.63, 3.8) is 0 Å². The number of amides is 1. The van der Waals surface area contributed by atoms with E-state index in [-0.39, 0.29) is 11.7 Å². The lowest BCUT2D eigenvalue weighted by molar-refractivity contribution is 0.0927. The van der Waals surface area contributed by atoms with Gasteiger partial charge in [0.25, 0.3) is 0 Å². The molecule has 1 aromatic carbocycles. The van der Waals surface area contributed by atoms with Crippen LogP contribution in [0.4, 0.5) is 0 Å². The van der Waals surface area contributed by atoms with E-state index in [0.717, 1.165) is 5.56 Å². The van der Waals surface area contributed by atoms with Crippen LogP contribution in [0, 0.1) is 0 Å². The largest absolute Gasteiger partial charge is 0.459 e. The minimum absolute atomic E-state index is 0.241. The predicted octanol–water partition coefficient (Wildman–Crippen LogP) is 2.77. The van der Waals surface area contributed by atoms with Crippen LogP contribution in [0.2, 0.25) is 0 Å². The third kappa shape index (κ3) is 3.24. The zero-order valence-corrected chi connectivity index (χ0v) is 10.6. The van der Waals surface area contributed by atoms with Crippen LogP contribution in [0.5, 0.6) is 0 Å². The summed E-state index contributed by atoms with van der Waals surface area (Å²) in [6, 6.07) is 11.1. The third-order valence-corrected chi connectivity index (χ3v) is 2.98. The topological polar surface area (TPSA) is 54.6 Å². The summed E-state index contributed by atoms with van der Waals surface area (Å²) in [5, 5.41) is 3.86. The molecule has 0 saturated carbocycles. The van der Waals surface area contributed by atoms with Gasteiger partial charge in [-0.25, -0.2) is 5.43 Å². The number of furan rings is 1. The molecule has 0 bridgehead atoms. The summed E-state index contributed by atoms with van der Waals surface area (Å²) in [6.07, 6.45) is 5.05. The van der Waals surface area contributed by atoms with Crippen LogP contribution in [0.3, 0.4) is 0 Å². The second kappa shape index (κ2) is 6.07. The second-order valence-electron chi connectivity index (χ2n) is 3.45. The van der Waals surface area contributed by atoms with E-state index < -0.39 is 0 Å². The van der Waals surface area contributed by atoms with Crippen molar-refractivity contribution in [2.45, 2.75) is 4.90 Å². The molecule has 0 aliphatic rings. The molecule has 1 heterocycles. The lowest BCUT2D eigenvalue weighted by Crippen LogP contribution is -2.16. The van der Waals surface area contributed by atoms with Crippen molar-refractivity contribution in [3.8, 4) is 0 Å². The number of nitrogens with one attached hydrogen (secondary N) is 1. The Labute approximate surface area is 109 Å². The molecule has 0 unspecified atom stereocenters. The van der Waals surface area contributed by atoms with Gasteiger partial charge in [-0.1, -0.05) is 12.1 Å². The van der Waals surface area contributed by atoms with E-state index in [2.05, 4.69) is 10.5 Å². The van der Waals surface area contributed by atoms with Gasteiger partial charge in [0, 0.05) is 4.90 Å². The summed E-state index contributed by atoms with van der Waals surface area (Å²) in [6.45, 7) is 0. The van der Waals surface area contributed by atoms with E-state index in [1.807, 2.05) is 30.5 Å². The molecule has 2 aromatic rings. The van der Waals surface area contributed by atoms with Crippen molar-refractivity contribution in [1.29, 1.82) is 0 Å². The molecule has 4 nitrogen and oxygen atoms in total. The SMILES string of the molecule is CSc1ccc(/C=N/NC(=O)c2ccco2)cc1. The van der Waals surface area contributed by atoms with Crippen LogP contribution >= 0.6 is 11.8 Å². The molecule has 0 fully saturated rings. The Morgan fingerprint density at radius 3 is 2.72 bits per heavy atom. The molecule has 0 aliphatic carbocycles. The standard InChI is InChI=1S/C13H12N2O2S/c1-18-11-6-4-10(5-7-11)9-14-15-13(16)12-3-2-8-17-12/h2-9H,1H3,(H,15,16)/b14-9+. The average molecular weight is 260 g/mol. The number of benzene rings is 1. The Bertz CT molecular complexity index is 533. The maximum absolute atomic E-state index is 11.5. The first-order valence-corrected chi connectivity index (χ1v) is 6.53. The molecule has 0 aliphatic heterocycles. The summed E-state index contributed by atoms with van der Waals surface area (Å²) in [4.78, 5) is 12.7. The molecule has 1 N–H and O–H groups in total. The normalized spacial score (nSPS) is 10.7. The molecular formula is C13H12N2O2S. The molecular weight excluding hydrogens is 248 g/mol. The van der Waals surface area contributed by atoms with E-state index >= 15 is 0 Å². The van der Waals surface area contributed by atoms with Crippen LogP contribution in [-0.4, -0.2) is 18.4 Å². The predicted molar refractivity (Wildman–Crippen MR) is 72.0 cm³/mol. The molecule has 18 heavy (non-hydrogen) atoms. The Hall–Kier alpha value is -2.01. The van der Waals surface area contributed by atoms with E-state index in [1.54, 1.807) is 30.1 Å². The van der Waals surface area contributed by atoms with Crippen molar-refractivity contribution in [2.75, 3.05) is 6.26 Å². The Kier molecular flexibility index (Phi) is 4.20. The van der Waals surface area contributed by atoms with Crippen molar-refractivity contribution in [1.82, 2.24) is 5.43 Å². The van der Waals surface area contributed by atoms with E-state index in [1.165, 1.54) is 11.2 Å². The highest BCUT2D eigenvalue weighted by molar-refractivity contribution is 7.98. The van der Waals surface area contributed by atoms with E-state index in [0.29, 0.717) is 0 Å². The minimum Gasteiger partial charge on any atom is -0.459 e. The van der Waals surface area contributed by atoms with Crippen LogP contribution < -0.4 is 5.43 Å². The lowest BCUT2D eigenvalue weighted by atomic mass is 10.2. The molecule has 92 valence electrons. The van der Waals surface area contributed by atoms with Crippen molar-refractivity contribution < 1.29 is 9.21 Å². The number of carbonyl (C=O) groups excluding carboxylic acids is 1. The average Bonchev–Trinajstić information content (AvgIpc) is 2.93. The molecule has 1 aromatic heterocycles. The Morgan fingerprint density at radius 2 is 2.11 bits per heavy atom. The highest BCUT2D eigenvalue weighted by Crippen LogP contribution is 2.13. The first kappa shape index (κ1) is 12.4. The second-order valence-corrected chi connectivity index (χ2v) is 4.33. The summed E-state index contributed by atoms with van der Waals surface area (Å²) in [5.41, 5.74) is 3.32. The molecule has 2 rings (SSSR count). The number of carbonyl (C=O) groups is 1. The van der Waals surface area contributed by atoms with Gasteiger partial charge in [0.1, 0.15) is 0 Å². The summed E-state index contributed by atoms with van der Waals surface area (Å²) in [5.74, 6) is -0.123. The van der Waals surface area contributed by atoms with Gasteiger partial charge in [-0.2, -0.15) is 5.10 Å². The first-order chi connectivity index (χ1) is 8.79. The van der Waals surface area contributed by atoms with Gasteiger partial charge in [-0.05, 0) is 36.1 Å². The van der Waals surface area contributed by atoms with E-state index in [4.69, 9.17) is 4.42 Å². The van der Waals surface area contributed by atoms with Crippen molar-refractivity contribution >= 4 is 23.9 Å². The minimum atomic E-state index is -0.364. The quantitative estimate of drug-likeness (QED) is 0.522. The summed E-state index contributed by atoms with van der Waals surface area (Å²) >= 11 is 1.68. The zero-order valence-electron chi connectivity index (χ0n) is 9.79. The summed E-state index contributed by atoms with van der Waals surface area (Å²) in [7, 11) is 0. The Balaban J connectivity index is 1.93. The van der Waals surface area contributed by atoms with Crippen LogP contribution in [-0.2, 0) is 0 Å². The highest BCUT2D eigenvalue weighted by Gasteiger charge is 2.05. The van der Waals surface area contributed by atoms with Gasteiger partial charge < -0.3 is 4.42 Å². The van der Waals surface area contributed by atoms with Crippen LogP contribution in [0.1, 0.15) is 16.1 Å². The number of thioether (sulfide) groups is 1.